The predicted octanol–water partition coefficient (Wildman–Crippen LogP) is 5.14. The van der Waals surface area contributed by atoms with Crippen LogP contribution in [0.4, 0.5) is 0 Å². The molecule has 0 aliphatic rings. The number of aryl methyl sites for hydroxylation is 1. The van der Waals surface area contributed by atoms with Gasteiger partial charge in [-0.15, -0.1) is 11.3 Å². The Balaban J connectivity index is 1.93. The Labute approximate surface area is 136 Å². The van der Waals surface area contributed by atoms with Gasteiger partial charge < -0.3 is 4.74 Å². The van der Waals surface area contributed by atoms with Crippen molar-refractivity contribution >= 4 is 44.8 Å². The number of benzene rings is 1. The maximum Gasteiger partial charge on any atom is 0.227 e. The summed E-state index contributed by atoms with van der Waals surface area (Å²) >= 11 is 13.7. The molecule has 0 aliphatic carbocycles. The SMILES string of the molecule is CCc1cc2c(OCc3ccccc3Cl)nc(Cl)nc2s1. The lowest BCUT2D eigenvalue weighted by Gasteiger charge is -2.07. The molecule has 3 rings (SSSR count). The predicted molar refractivity (Wildman–Crippen MR) is 87.6 cm³/mol. The maximum atomic E-state index is 6.13. The molecule has 0 radical (unpaired) electrons. The number of fused-ring (bicyclic) bond motifs is 1. The molecule has 3 aromatic rings. The van der Waals surface area contributed by atoms with Gasteiger partial charge in [0.25, 0.3) is 0 Å². The van der Waals surface area contributed by atoms with E-state index in [4.69, 9.17) is 27.9 Å². The number of hydrogen-bond donors (Lipinski definition) is 0. The van der Waals surface area contributed by atoms with Gasteiger partial charge in [0.1, 0.15) is 11.4 Å². The number of nitrogens with zero attached hydrogens (tertiary/aromatic N) is 2. The van der Waals surface area contributed by atoms with Crippen molar-refractivity contribution < 1.29 is 4.74 Å². The van der Waals surface area contributed by atoms with E-state index in [1.807, 2.05) is 24.3 Å². The van der Waals surface area contributed by atoms with E-state index >= 15 is 0 Å². The molecule has 0 amide bonds. The molecule has 0 fully saturated rings. The summed E-state index contributed by atoms with van der Waals surface area (Å²) < 4.78 is 5.81. The Bertz CT molecular complexity index is 788. The van der Waals surface area contributed by atoms with Gasteiger partial charge in [0.15, 0.2) is 0 Å². The van der Waals surface area contributed by atoms with Gasteiger partial charge in [-0.05, 0) is 30.2 Å². The maximum absolute atomic E-state index is 6.13. The second-order valence-electron chi connectivity index (χ2n) is 4.46. The minimum Gasteiger partial charge on any atom is -0.472 e. The molecule has 0 aliphatic heterocycles. The zero-order valence-corrected chi connectivity index (χ0v) is 13.6. The van der Waals surface area contributed by atoms with E-state index in [-0.39, 0.29) is 5.28 Å². The molecule has 0 unspecified atom stereocenters. The number of ether oxygens (including phenoxy) is 1. The summed E-state index contributed by atoms with van der Waals surface area (Å²) in [7, 11) is 0. The lowest BCUT2D eigenvalue weighted by atomic mass is 10.2. The second kappa shape index (κ2) is 6.18. The molecule has 2 heterocycles. The van der Waals surface area contributed by atoms with Gasteiger partial charge in [-0.2, -0.15) is 4.98 Å². The van der Waals surface area contributed by atoms with Crippen molar-refractivity contribution in [3.8, 4) is 5.88 Å². The monoisotopic (exact) mass is 338 g/mol. The van der Waals surface area contributed by atoms with Crippen LogP contribution in [0.1, 0.15) is 17.4 Å². The van der Waals surface area contributed by atoms with Crippen LogP contribution in [0.25, 0.3) is 10.2 Å². The highest BCUT2D eigenvalue weighted by Crippen LogP contribution is 2.32. The van der Waals surface area contributed by atoms with Crippen molar-refractivity contribution in [3.05, 3.63) is 51.1 Å². The third-order valence-corrected chi connectivity index (χ3v) is 4.76. The Morgan fingerprint density at radius 1 is 1.19 bits per heavy atom. The first kappa shape index (κ1) is 14.6. The van der Waals surface area contributed by atoms with Crippen molar-refractivity contribution in [2.45, 2.75) is 20.0 Å². The molecule has 0 bridgehead atoms. The van der Waals surface area contributed by atoms with E-state index in [2.05, 4.69) is 23.0 Å². The summed E-state index contributed by atoms with van der Waals surface area (Å²) in [5, 5.41) is 1.77. The van der Waals surface area contributed by atoms with Gasteiger partial charge in [0.2, 0.25) is 11.2 Å². The van der Waals surface area contributed by atoms with Crippen LogP contribution in [0, 0.1) is 0 Å². The number of thiophene rings is 1. The van der Waals surface area contributed by atoms with Crippen LogP contribution in [0.15, 0.2) is 30.3 Å². The molecule has 6 heteroatoms. The first-order chi connectivity index (χ1) is 10.2. The standard InChI is InChI=1S/C15H12Cl2N2OS/c1-2-10-7-11-13(18-15(17)19-14(11)21-10)20-8-9-5-3-4-6-12(9)16/h3-7H,2,8H2,1H3. The normalized spacial score (nSPS) is 11.0. The van der Waals surface area contributed by atoms with Crippen molar-refractivity contribution in [3.63, 3.8) is 0 Å². The lowest BCUT2D eigenvalue weighted by Crippen LogP contribution is -1.99. The van der Waals surface area contributed by atoms with Crippen molar-refractivity contribution in [2.24, 2.45) is 0 Å². The van der Waals surface area contributed by atoms with Crippen LogP contribution >= 0.6 is 34.5 Å². The first-order valence-electron chi connectivity index (χ1n) is 6.49. The van der Waals surface area contributed by atoms with Crippen LogP contribution in [0.5, 0.6) is 5.88 Å². The van der Waals surface area contributed by atoms with E-state index < -0.39 is 0 Å². The molecule has 0 saturated carbocycles. The van der Waals surface area contributed by atoms with Crippen LogP contribution in [-0.4, -0.2) is 9.97 Å². The van der Waals surface area contributed by atoms with E-state index in [0.717, 1.165) is 22.2 Å². The zero-order chi connectivity index (χ0) is 14.8. The fourth-order valence-electron chi connectivity index (χ4n) is 1.97. The summed E-state index contributed by atoms with van der Waals surface area (Å²) in [6.45, 7) is 2.45. The van der Waals surface area contributed by atoms with Crippen LogP contribution in [-0.2, 0) is 13.0 Å². The lowest BCUT2D eigenvalue weighted by molar-refractivity contribution is 0.298. The summed E-state index contributed by atoms with van der Waals surface area (Å²) in [5.74, 6) is 0.501. The van der Waals surface area contributed by atoms with Crippen molar-refractivity contribution in [1.29, 1.82) is 0 Å². The summed E-state index contributed by atoms with van der Waals surface area (Å²) in [5.41, 5.74) is 0.910. The molecule has 1 aromatic carbocycles. The Morgan fingerprint density at radius 3 is 2.76 bits per heavy atom. The Kier molecular flexibility index (Phi) is 4.29. The molecule has 0 N–H and O–H groups in total. The van der Waals surface area contributed by atoms with E-state index in [9.17, 15) is 0 Å². The third kappa shape index (κ3) is 3.12. The largest absolute Gasteiger partial charge is 0.472 e. The number of halogens is 2. The topological polar surface area (TPSA) is 35.0 Å². The highest BCUT2D eigenvalue weighted by molar-refractivity contribution is 7.18. The Morgan fingerprint density at radius 2 is 2.00 bits per heavy atom. The minimum absolute atomic E-state index is 0.196. The summed E-state index contributed by atoms with van der Waals surface area (Å²) in [6, 6.07) is 9.62. The van der Waals surface area contributed by atoms with Gasteiger partial charge >= 0.3 is 0 Å². The smallest absolute Gasteiger partial charge is 0.227 e. The first-order valence-corrected chi connectivity index (χ1v) is 8.06. The van der Waals surface area contributed by atoms with Gasteiger partial charge in [0, 0.05) is 15.5 Å². The number of hydrogen-bond acceptors (Lipinski definition) is 4. The van der Waals surface area contributed by atoms with Crippen molar-refractivity contribution in [2.75, 3.05) is 0 Å². The van der Waals surface area contributed by atoms with Crippen molar-refractivity contribution in [1.82, 2.24) is 9.97 Å². The molecule has 0 saturated heterocycles. The molecular weight excluding hydrogens is 327 g/mol. The van der Waals surface area contributed by atoms with E-state index in [1.54, 1.807) is 11.3 Å². The second-order valence-corrected chi connectivity index (χ2v) is 6.32. The van der Waals surface area contributed by atoms with E-state index in [0.29, 0.717) is 17.5 Å². The van der Waals surface area contributed by atoms with E-state index in [1.165, 1.54) is 4.88 Å². The average Bonchev–Trinajstić information content (AvgIpc) is 2.89. The van der Waals surface area contributed by atoms with Gasteiger partial charge in [0.05, 0.1) is 5.39 Å². The molecule has 0 atom stereocenters. The molecule has 3 nitrogen and oxygen atoms in total. The number of rotatable bonds is 4. The average molecular weight is 339 g/mol. The van der Waals surface area contributed by atoms with Gasteiger partial charge in [-0.25, -0.2) is 4.98 Å². The highest BCUT2D eigenvalue weighted by atomic mass is 35.5. The molecule has 108 valence electrons. The Hall–Kier alpha value is -1.36. The fraction of sp³-hybridized carbons (Fsp3) is 0.200. The fourth-order valence-corrected chi connectivity index (χ4v) is 3.33. The number of aromatic nitrogens is 2. The third-order valence-electron chi connectivity index (χ3n) is 3.05. The van der Waals surface area contributed by atoms with Gasteiger partial charge in [-0.1, -0.05) is 36.7 Å². The molecule has 21 heavy (non-hydrogen) atoms. The zero-order valence-electron chi connectivity index (χ0n) is 11.3. The highest BCUT2D eigenvalue weighted by Gasteiger charge is 2.12. The van der Waals surface area contributed by atoms with Crippen LogP contribution in [0.2, 0.25) is 10.3 Å². The van der Waals surface area contributed by atoms with Crippen LogP contribution in [0.3, 0.4) is 0 Å². The summed E-state index contributed by atoms with van der Waals surface area (Å²) in [6.07, 6.45) is 0.947. The summed E-state index contributed by atoms with van der Waals surface area (Å²) in [4.78, 5) is 10.5. The molecular formula is C15H12Cl2N2OS. The minimum atomic E-state index is 0.196. The molecule has 0 spiro atoms. The van der Waals surface area contributed by atoms with Crippen LogP contribution < -0.4 is 4.74 Å². The molecule has 2 aromatic heterocycles. The van der Waals surface area contributed by atoms with Gasteiger partial charge in [-0.3, -0.25) is 0 Å². The quantitative estimate of drug-likeness (QED) is 0.618.